The molecule has 0 radical (unpaired) electrons. The van der Waals surface area contributed by atoms with E-state index in [1.807, 2.05) is 11.9 Å². The summed E-state index contributed by atoms with van der Waals surface area (Å²) in [5.74, 6) is -0.0857. The van der Waals surface area contributed by atoms with Gasteiger partial charge in [-0.15, -0.1) is 0 Å². The molecule has 2 saturated heterocycles. The molecule has 5 rings (SSSR count). The number of phenols is 1. The van der Waals surface area contributed by atoms with Crippen LogP contribution in [0.15, 0.2) is 36.8 Å². The zero-order valence-corrected chi connectivity index (χ0v) is 16.4. The van der Waals surface area contributed by atoms with Crippen molar-refractivity contribution < 1.29 is 13.9 Å². The van der Waals surface area contributed by atoms with Crippen LogP contribution in [0.3, 0.4) is 0 Å². The molecule has 3 aromatic rings. The van der Waals surface area contributed by atoms with Crippen molar-refractivity contribution in [2.75, 3.05) is 11.9 Å². The fourth-order valence-electron chi connectivity index (χ4n) is 4.54. The first kappa shape index (κ1) is 18.9. The first-order valence-electron chi connectivity index (χ1n) is 9.99. The Balaban J connectivity index is 1.39. The van der Waals surface area contributed by atoms with Crippen LogP contribution in [0.4, 0.5) is 14.6 Å². The van der Waals surface area contributed by atoms with Crippen molar-refractivity contribution in [2.24, 2.45) is 0 Å². The SMILES string of the molecule is CN(c1cnc(-c2cc(F)c(-c3ccn[nH]3)cc2O)cn1)[C@@H]1CC2CC[C@H](N2)[C@@H]1F. The van der Waals surface area contributed by atoms with Crippen LogP contribution in [0.1, 0.15) is 19.3 Å². The third kappa shape index (κ3) is 3.19. The van der Waals surface area contributed by atoms with E-state index in [1.54, 1.807) is 6.07 Å². The van der Waals surface area contributed by atoms with Crippen molar-refractivity contribution in [3.8, 4) is 28.3 Å². The maximum atomic E-state index is 14.8. The van der Waals surface area contributed by atoms with Crippen LogP contribution in [0.25, 0.3) is 22.5 Å². The fraction of sp³-hybridized carbons (Fsp3) is 0.381. The van der Waals surface area contributed by atoms with Gasteiger partial charge in [0, 0.05) is 36.5 Å². The Hall–Kier alpha value is -3.07. The van der Waals surface area contributed by atoms with Crippen molar-refractivity contribution in [1.82, 2.24) is 25.5 Å². The number of phenolic OH excluding ortho intramolecular Hbond substituents is 1. The van der Waals surface area contributed by atoms with E-state index in [0.717, 1.165) is 19.3 Å². The highest BCUT2D eigenvalue weighted by Gasteiger charge is 2.43. The standard InChI is InChI=1S/C21H22F2N6O/c1-29(18-6-11-2-3-16(27-11)21(18)23)20-10-24-17(9-25-20)13-7-14(22)12(8-19(13)30)15-4-5-26-28-15/h4-5,7-11,16,18,21,27,30H,2-3,6H2,1H3,(H,26,28)/t11?,16-,18+,21-/m0/s1. The fourth-order valence-corrected chi connectivity index (χ4v) is 4.54. The molecule has 1 unspecified atom stereocenters. The van der Waals surface area contributed by atoms with Crippen LogP contribution in [0.2, 0.25) is 0 Å². The van der Waals surface area contributed by atoms with E-state index in [2.05, 4.69) is 25.5 Å². The van der Waals surface area contributed by atoms with Gasteiger partial charge in [-0.2, -0.15) is 5.10 Å². The van der Waals surface area contributed by atoms with Crippen LogP contribution in [0, 0.1) is 5.82 Å². The number of rotatable bonds is 4. The van der Waals surface area contributed by atoms with Gasteiger partial charge in [0.1, 0.15) is 23.6 Å². The lowest BCUT2D eigenvalue weighted by molar-refractivity contribution is 0.176. The Morgan fingerprint density at radius 1 is 1.17 bits per heavy atom. The molecule has 4 atom stereocenters. The number of hydrogen-bond donors (Lipinski definition) is 3. The molecule has 30 heavy (non-hydrogen) atoms. The average molecular weight is 412 g/mol. The van der Waals surface area contributed by atoms with Gasteiger partial charge in [0.05, 0.1) is 29.8 Å². The highest BCUT2D eigenvalue weighted by molar-refractivity contribution is 5.73. The van der Waals surface area contributed by atoms with Gasteiger partial charge in [0.15, 0.2) is 0 Å². The van der Waals surface area contributed by atoms with Crippen LogP contribution in [-0.4, -0.2) is 56.6 Å². The third-order valence-corrected chi connectivity index (χ3v) is 6.20. The van der Waals surface area contributed by atoms with Gasteiger partial charge in [-0.3, -0.25) is 10.1 Å². The second-order valence-electron chi connectivity index (χ2n) is 7.99. The van der Waals surface area contributed by atoms with Crippen LogP contribution >= 0.6 is 0 Å². The number of nitrogens with one attached hydrogen (secondary N) is 2. The molecule has 1 aromatic carbocycles. The van der Waals surface area contributed by atoms with Gasteiger partial charge in [-0.1, -0.05) is 0 Å². The average Bonchev–Trinajstić information content (AvgIpc) is 3.42. The number of aromatic nitrogens is 4. The van der Waals surface area contributed by atoms with Crippen LogP contribution in [-0.2, 0) is 0 Å². The number of H-pyrrole nitrogens is 1. The van der Waals surface area contributed by atoms with Crippen molar-refractivity contribution in [2.45, 2.75) is 43.6 Å². The molecule has 2 fully saturated rings. The lowest BCUT2D eigenvalue weighted by atomic mass is 9.96. The summed E-state index contributed by atoms with van der Waals surface area (Å²) in [4.78, 5) is 10.6. The summed E-state index contributed by atoms with van der Waals surface area (Å²) in [7, 11) is 1.82. The minimum absolute atomic E-state index is 0.100. The monoisotopic (exact) mass is 412 g/mol. The normalized spacial score (nSPS) is 25.4. The molecule has 0 spiro atoms. The Bertz CT molecular complexity index is 1040. The molecule has 4 heterocycles. The minimum atomic E-state index is -0.969. The first-order chi connectivity index (χ1) is 14.5. The van der Waals surface area contributed by atoms with E-state index in [0.29, 0.717) is 23.2 Å². The van der Waals surface area contributed by atoms with E-state index in [-0.39, 0.29) is 29.0 Å². The van der Waals surface area contributed by atoms with Crippen molar-refractivity contribution in [1.29, 1.82) is 0 Å². The van der Waals surface area contributed by atoms with Crippen molar-refractivity contribution >= 4 is 5.82 Å². The highest BCUT2D eigenvalue weighted by atomic mass is 19.1. The molecule has 156 valence electrons. The summed E-state index contributed by atoms with van der Waals surface area (Å²) in [6.45, 7) is 0. The molecule has 0 amide bonds. The van der Waals surface area contributed by atoms with E-state index in [9.17, 15) is 13.9 Å². The van der Waals surface area contributed by atoms with Gasteiger partial charge in [-0.05, 0) is 37.5 Å². The summed E-state index contributed by atoms with van der Waals surface area (Å²) >= 11 is 0. The summed E-state index contributed by atoms with van der Waals surface area (Å²) < 4.78 is 29.4. The summed E-state index contributed by atoms with van der Waals surface area (Å²) in [5.41, 5.74) is 1.25. The van der Waals surface area contributed by atoms with Crippen molar-refractivity contribution in [3.05, 3.63) is 42.6 Å². The van der Waals surface area contributed by atoms with Gasteiger partial charge < -0.3 is 15.3 Å². The number of anilines is 1. The predicted octanol–water partition coefficient (Wildman–Crippen LogP) is 3.05. The number of benzene rings is 1. The number of nitrogens with zero attached hydrogens (tertiary/aromatic N) is 4. The molecule has 2 aromatic heterocycles. The number of halogens is 2. The van der Waals surface area contributed by atoms with Gasteiger partial charge in [0.25, 0.3) is 0 Å². The van der Waals surface area contributed by atoms with E-state index >= 15 is 0 Å². The van der Waals surface area contributed by atoms with Crippen LogP contribution < -0.4 is 10.2 Å². The highest BCUT2D eigenvalue weighted by Crippen LogP contribution is 2.35. The zero-order valence-electron chi connectivity index (χ0n) is 16.4. The number of fused-ring (bicyclic) bond motifs is 2. The number of alkyl halides is 1. The lowest BCUT2D eigenvalue weighted by Crippen LogP contribution is -2.55. The minimum Gasteiger partial charge on any atom is -0.507 e. The molecule has 7 nitrogen and oxygen atoms in total. The molecule has 2 aliphatic rings. The van der Waals surface area contributed by atoms with Crippen LogP contribution in [0.5, 0.6) is 5.75 Å². The Morgan fingerprint density at radius 2 is 2.03 bits per heavy atom. The zero-order chi connectivity index (χ0) is 20.8. The number of piperidine rings is 1. The Kier molecular flexibility index (Phi) is 4.62. The summed E-state index contributed by atoms with van der Waals surface area (Å²) in [6.07, 6.45) is 6.13. The number of aromatic amines is 1. The molecule has 2 bridgehead atoms. The maximum Gasteiger partial charge on any atom is 0.147 e. The lowest BCUT2D eigenvalue weighted by Gasteiger charge is -2.38. The predicted molar refractivity (Wildman–Crippen MR) is 108 cm³/mol. The van der Waals surface area contributed by atoms with Gasteiger partial charge >= 0.3 is 0 Å². The molecule has 3 N–H and O–H groups in total. The smallest absolute Gasteiger partial charge is 0.147 e. The molecular formula is C21H22F2N6O. The van der Waals surface area contributed by atoms with Gasteiger partial charge in [0.2, 0.25) is 0 Å². The van der Waals surface area contributed by atoms with E-state index in [4.69, 9.17) is 0 Å². The van der Waals surface area contributed by atoms with E-state index < -0.39 is 12.0 Å². The van der Waals surface area contributed by atoms with Crippen molar-refractivity contribution in [3.63, 3.8) is 0 Å². The van der Waals surface area contributed by atoms with E-state index in [1.165, 1.54) is 30.7 Å². The summed E-state index contributed by atoms with van der Waals surface area (Å²) in [6, 6.07) is 4.15. The second kappa shape index (κ2) is 7.32. The Labute approximate surface area is 172 Å². The number of aromatic hydroxyl groups is 1. The molecule has 0 saturated carbocycles. The topological polar surface area (TPSA) is 90.0 Å². The quantitative estimate of drug-likeness (QED) is 0.610. The maximum absolute atomic E-state index is 14.8. The molecular weight excluding hydrogens is 390 g/mol. The Morgan fingerprint density at radius 3 is 2.77 bits per heavy atom. The first-order valence-corrected chi connectivity index (χ1v) is 9.99. The molecule has 0 aliphatic carbocycles. The largest absolute Gasteiger partial charge is 0.507 e. The molecule has 2 aliphatic heterocycles. The summed E-state index contributed by atoms with van der Waals surface area (Å²) in [5, 5.41) is 20.2. The number of hydrogen-bond acceptors (Lipinski definition) is 6. The molecule has 9 heteroatoms. The van der Waals surface area contributed by atoms with Gasteiger partial charge in [-0.25, -0.2) is 13.8 Å². The second-order valence-corrected chi connectivity index (χ2v) is 7.99. The third-order valence-electron chi connectivity index (χ3n) is 6.20.